The predicted molar refractivity (Wildman–Crippen MR) is 131 cm³/mol. The third-order valence-corrected chi connectivity index (χ3v) is 5.85. The number of ether oxygens (including phenoxy) is 1. The van der Waals surface area contributed by atoms with Crippen LogP contribution in [0.5, 0.6) is 5.75 Å². The largest absolute Gasteiger partial charge is 0.491 e. The number of aliphatic hydroxyl groups excluding tert-OH is 1. The maximum atomic E-state index is 13.1. The lowest BCUT2D eigenvalue weighted by Crippen LogP contribution is -2.38. The molecule has 4 aromatic rings. The number of para-hydroxylation sites is 1. The summed E-state index contributed by atoms with van der Waals surface area (Å²) in [5.41, 5.74) is 1.65. The van der Waals surface area contributed by atoms with Crippen LogP contribution in [0.2, 0.25) is 0 Å². The second kappa shape index (κ2) is 9.56. The Morgan fingerprint density at radius 1 is 1.03 bits per heavy atom. The third kappa shape index (κ3) is 4.47. The fourth-order valence-electron chi connectivity index (χ4n) is 4.00. The molecule has 0 spiro atoms. The lowest BCUT2D eigenvalue weighted by Gasteiger charge is -2.22. The Kier molecular flexibility index (Phi) is 6.56. The summed E-state index contributed by atoms with van der Waals surface area (Å²) in [6.45, 7) is 2.59. The SMILES string of the molecule is Cc1ccccc1OC[C@H](O)Cn1c(N(C)Cc2ccccc2)nc2c1c(=O)n(C)c(=O)n2C. The second-order valence-electron chi connectivity index (χ2n) is 8.47. The first-order chi connectivity index (χ1) is 16.3. The van der Waals surface area contributed by atoms with E-state index in [9.17, 15) is 14.7 Å². The average molecular weight is 464 g/mol. The minimum atomic E-state index is -0.914. The summed E-state index contributed by atoms with van der Waals surface area (Å²) >= 11 is 0. The topological polar surface area (TPSA) is 94.5 Å². The van der Waals surface area contributed by atoms with Gasteiger partial charge >= 0.3 is 5.69 Å². The molecule has 0 radical (unpaired) electrons. The Hall–Kier alpha value is -3.85. The molecule has 0 aliphatic carbocycles. The third-order valence-electron chi connectivity index (χ3n) is 5.85. The van der Waals surface area contributed by atoms with Gasteiger partial charge in [-0.2, -0.15) is 4.98 Å². The molecule has 178 valence electrons. The number of nitrogens with zero attached hydrogens (tertiary/aromatic N) is 5. The molecule has 1 atom stereocenters. The molecule has 34 heavy (non-hydrogen) atoms. The average Bonchev–Trinajstić information content (AvgIpc) is 3.21. The van der Waals surface area contributed by atoms with Crippen LogP contribution in [0.3, 0.4) is 0 Å². The molecule has 0 bridgehead atoms. The van der Waals surface area contributed by atoms with E-state index in [1.807, 2.05) is 73.5 Å². The van der Waals surface area contributed by atoms with E-state index in [2.05, 4.69) is 4.98 Å². The molecule has 0 unspecified atom stereocenters. The fourth-order valence-corrected chi connectivity index (χ4v) is 4.00. The zero-order chi connectivity index (χ0) is 24.4. The normalized spacial score (nSPS) is 12.1. The van der Waals surface area contributed by atoms with E-state index in [0.717, 1.165) is 15.7 Å². The molecule has 9 nitrogen and oxygen atoms in total. The zero-order valence-corrected chi connectivity index (χ0v) is 19.8. The maximum Gasteiger partial charge on any atom is 0.332 e. The molecule has 1 N–H and O–H groups in total. The van der Waals surface area contributed by atoms with Crippen LogP contribution in [0.4, 0.5) is 5.95 Å². The molecule has 0 saturated heterocycles. The Bertz CT molecular complexity index is 1420. The predicted octanol–water partition coefficient (Wildman–Crippen LogP) is 1.82. The van der Waals surface area contributed by atoms with Crippen LogP contribution in [0, 0.1) is 6.92 Å². The highest BCUT2D eigenvalue weighted by Gasteiger charge is 2.23. The van der Waals surface area contributed by atoms with Crippen molar-refractivity contribution in [3.63, 3.8) is 0 Å². The number of aryl methyl sites for hydroxylation is 2. The van der Waals surface area contributed by atoms with Crippen molar-refractivity contribution in [2.45, 2.75) is 26.1 Å². The standard InChI is InChI=1S/C25H29N5O4/c1-17-10-8-9-13-20(17)34-16-19(31)15-30-21-22(28(3)25(33)29(4)23(21)32)26-24(30)27(2)14-18-11-6-5-7-12-18/h5-13,19,31H,14-16H2,1-4H3/t19-/m1/s1. The molecular formula is C25H29N5O4. The van der Waals surface area contributed by atoms with Crippen molar-refractivity contribution < 1.29 is 9.84 Å². The highest BCUT2D eigenvalue weighted by Crippen LogP contribution is 2.22. The van der Waals surface area contributed by atoms with Crippen LogP contribution in [0.25, 0.3) is 11.2 Å². The van der Waals surface area contributed by atoms with Crippen LogP contribution in [-0.4, -0.2) is 43.6 Å². The summed E-state index contributed by atoms with van der Waals surface area (Å²) < 4.78 is 9.89. The molecule has 0 aliphatic heterocycles. The Morgan fingerprint density at radius 3 is 2.41 bits per heavy atom. The first kappa shape index (κ1) is 23.3. The molecule has 2 heterocycles. The van der Waals surface area contributed by atoms with Crippen molar-refractivity contribution in [3.8, 4) is 5.75 Å². The van der Waals surface area contributed by atoms with Gasteiger partial charge in [-0.05, 0) is 24.1 Å². The maximum absolute atomic E-state index is 13.1. The van der Waals surface area contributed by atoms with Gasteiger partial charge in [0.1, 0.15) is 18.5 Å². The van der Waals surface area contributed by atoms with Crippen LogP contribution in [-0.2, 0) is 27.2 Å². The minimum absolute atomic E-state index is 0.0401. The van der Waals surface area contributed by atoms with Gasteiger partial charge in [-0.25, -0.2) is 4.79 Å². The highest BCUT2D eigenvalue weighted by atomic mass is 16.5. The van der Waals surface area contributed by atoms with Gasteiger partial charge in [-0.1, -0.05) is 48.5 Å². The van der Waals surface area contributed by atoms with E-state index in [4.69, 9.17) is 4.74 Å². The molecule has 9 heteroatoms. The minimum Gasteiger partial charge on any atom is -0.491 e. The summed E-state index contributed by atoms with van der Waals surface area (Å²) in [5, 5.41) is 10.8. The first-order valence-electron chi connectivity index (χ1n) is 11.1. The summed E-state index contributed by atoms with van der Waals surface area (Å²) in [4.78, 5) is 32.1. The lowest BCUT2D eigenvalue weighted by molar-refractivity contribution is 0.0933. The van der Waals surface area contributed by atoms with Gasteiger partial charge < -0.3 is 19.3 Å². The summed E-state index contributed by atoms with van der Waals surface area (Å²) in [6, 6.07) is 17.4. The van der Waals surface area contributed by atoms with E-state index < -0.39 is 17.4 Å². The monoisotopic (exact) mass is 463 g/mol. The molecule has 0 fully saturated rings. The summed E-state index contributed by atoms with van der Waals surface area (Å²) in [6.07, 6.45) is -0.914. The van der Waals surface area contributed by atoms with E-state index in [-0.39, 0.29) is 24.3 Å². The lowest BCUT2D eigenvalue weighted by atomic mass is 10.2. The zero-order valence-electron chi connectivity index (χ0n) is 19.8. The fraction of sp³-hybridized carbons (Fsp3) is 0.320. The van der Waals surface area contributed by atoms with Gasteiger partial charge in [0, 0.05) is 27.7 Å². The van der Waals surface area contributed by atoms with Gasteiger partial charge in [0.2, 0.25) is 5.95 Å². The van der Waals surface area contributed by atoms with E-state index >= 15 is 0 Å². The van der Waals surface area contributed by atoms with Gasteiger partial charge in [-0.3, -0.25) is 13.9 Å². The van der Waals surface area contributed by atoms with Crippen LogP contribution in [0.1, 0.15) is 11.1 Å². The van der Waals surface area contributed by atoms with Gasteiger partial charge in [0.25, 0.3) is 5.56 Å². The highest BCUT2D eigenvalue weighted by molar-refractivity contribution is 5.74. The number of anilines is 1. The number of fused-ring (bicyclic) bond motifs is 1. The molecule has 4 rings (SSSR count). The molecular weight excluding hydrogens is 434 g/mol. The molecule has 2 aromatic carbocycles. The number of aromatic nitrogens is 4. The van der Waals surface area contributed by atoms with Gasteiger partial charge in [0.15, 0.2) is 11.2 Å². The Morgan fingerprint density at radius 2 is 1.71 bits per heavy atom. The number of hydrogen-bond acceptors (Lipinski definition) is 6. The smallest absolute Gasteiger partial charge is 0.332 e. The van der Waals surface area contributed by atoms with E-state index in [1.165, 1.54) is 11.6 Å². The van der Waals surface area contributed by atoms with E-state index in [1.54, 1.807) is 11.6 Å². The second-order valence-corrected chi connectivity index (χ2v) is 8.47. The number of rotatable bonds is 8. The van der Waals surface area contributed by atoms with E-state index in [0.29, 0.717) is 18.2 Å². The van der Waals surface area contributed by atoms with Gasteiger partial charge in [0.05, 0.1) is 6.54 Å². The molecule has 0 amide bonds. The summed E-state index contributed by atoms with van der Waals surface area (Å²) in [7, 11) is 4.89. The van der Waals surface area contributed by atoms with Crippen molar-refractivity contribution in [2.75, 3.05) is 18.6 Å². The number of hydrogen-bond donors (Lipinski definition) is 1. The van der Waals surface area contributed by atoms with Crippen molar-refractivity contribution in [3.05, 3.63) is 86.6 Å². The molecule has 0 aliphatic rings. The summed E-state index contributed by atoms with van der Waals surface area (Å²) in [5.74, 6) is 1.17. The van der Waals surface area contributed by atoms with Gasteiger partial charge in [-0.15, -0.1) is 0 Å². The van der Waals surface area contributed by atoms with Crippen molar-refractivity contribution in [1.82, 2.24) is 18.7 Å². The van der Waals surface area contributed by atoms with Crippen LogP contribution >= 0.6 is 0 Å². The molecule has 0 saturated carbocycles. The van der Waals surface area contributed by atoms with Crippen molar-refractivity contribution in [2.24, 2.45) is 14.1 Å². The number of aliphatic hydroxyl groups is 1. The van der Waals surface area contributed by atoms with Crippen molar-refractivity contribution in [1.29, 1.82) is 0 Å². The first-order valence-corrected chi connectivity index (χ1v) is 11.1. The van der Waals surface area contributed by atoms with Crippen LogP contribution in [0.15, 0.2) is 64.2 Å². The van der Waals surface area contributed by atoms with Crippen molar-refractivity contribution >= 4 is 17.1 Å². The number of benzene rings is 2. The Balaban J connectivity index is 1.72. The van der Waals surface area contributed by atoms with Crippen LogP contribution < -0.4 is 20.9 Å². The quantitative estimate of drug-likeness (QED) is 0.428. The Labute approximate surface area is 197 Å². The number of imidazole rings is 1. The molecule has 2 aromatic heterocycles.